The first-order chi connectivity index (χ1) is 53.9. The summed E-state index contributed by atoms with van der Waals surface area (Å²) in [5, 5.41) is 37.3. The SMILES string of the molecule is NCCCc1c(OCc2cn(CCCNC(=O)c3cc(OCCCS(=O)(=O)O)c(OCCCS(=O)(=O)O)c(OCCCS(=O)(=O)O)c3)nn2)cc(C(=O)NCCCCCC(=O)NCCCCCCO)cc1OCc1cn(CCCNC(=O)c2cc(OCCCS(=O)(=O)O)c(OCCCS(=O)(=O)O)c(OCCCS(=O)(=O)O)c2)nn1. The van der Waals surface area contributed by atoms with Crippen LogP contribution < -0.4 is 64.9 Å². The third-order valence-electron chi connectivity index (χ3n) is 15.8. The van der Waals surface area contributed by atoms with Crippen LogP contribution in [-0.4, -0.2) is 250 Å². The fraction of sp³-hybridized carbons (Fsp3) is 0.606. The van der Waals surface area contributed by atoms with Gasteiger partial charge in [0.1, 0.15) is 36.1 Å². The van der Waals surface area contributed by atoms with E-state index in [0.29, 0.717) is 68.4 Å². The number of carbonyl (C=O) groups is 4. The Hall–Kier alpha value is -8.40. The zero-order valence-electron chi connectivity index (χ0n) is 62.5. The van der Waals surface area contributed by atoms with Crippen LogP contribution in [0.5, 0.6) is 46.0 Å². The molecule has 5 aromatic rings. The Bertz CT molecular complexity index is 4230. The van der Waals surface area contributed by atoms with E-state index in [2.05, 4.69) is 41.9 Å². The fourth-order valence-electron chi connectivity index (χ4n) is 10.4. The van der Waals surface area contributed by atoms with Crippen LogP contribution in [0.4, 0.5) is 0 Å². The van der Waals surface area contributed by atoms with Crippen molar-refractivity contribution in [2.24, 2.45) is 5.73 Å². The Morgan fingerprint density at radius 2 is 0.675 bits per heavy atom. The lowest BCUT2D eigenvalue weighted by atomic mass is 10.0. The third-order valence-corrected chi connectivity index (χ3v) is 20.7. The van der Waals surface area contributed by atoms with Crippen molar-refractivity contribution >= 4 is 84.3 Å². The lowest BCUT2D eigenvalue weighted by Gasteiger charge is -2.19. The highest BCUT2D eigenvalue weighted by molar-refractivity contribution is 7.87. The van der Waals surface area contributed by atoms with Crippen molar-refractivity contribution in [3.8, 4) is 46.0 Å². The van der Waals surface area contributed by atoms with Crippen molar-refractivity contribution < 1.29 is 140 Å². The van der Waals surface area contributed by atoms with E-state index in [1.54, 1.807) is 24.5 Å². The van der Waals surface area contributed by atoms with Crippen LogP contribution >= 0.6 is 0 Å². The number of aliphatic hydroxyl groups is 1. The van der Waals surface area contributed by atoms with Crippen molar-refractivity contribution in [2.45, 2.75) is 142 Å². The molecule has 0 unspecified atom stereocenters. The molecule has 0 bridgehead atoms. The van der Waals surface area contributed by atoms with Gasteiger partial charge in [-0.25, -0.2) is 0 Å². The minimum atomic E-state index is -4.41. The van der Waals surface area contributed by atoms with Crippen molar-refractivity contribution in [2.75, 3.05) is 113 Å². The van der Waals surface area contributed by atoms with Gasteiger partial charge in [0.25, 0.3) is 78.4 Å². The topological polar surface area (TPSA) is 624 Å². The average Bonchev–Trinajstić information content (AvgIpc) is 0.926. The maximum atomic E-state index is 14.0. The zero-order valence-corrected chi connectivity index (χ0v) is 67.4. The molecule has 5 rings (SSSR count). The van der Waals surface area contributed by atoms with Crippen LogP contribution in [0.3, 0.4) is 0 Å². The second kappa shape index (κ2) is 48.8. The summed E-state index contributed by atoms with van der Waals surface area (Å²) >= 11 is 0. The Morgan fingerprint density at radius 1 is 0.368 bits per heavy atom. The number of nitrogens with two attached hydrogens (primary N) is 1. The normalized spacial score (nSPS) is 12.1. The number of unbranched alkanes of at least 4 members (excludes halogenated alkanes) is 5. The van der Waals surface area contributed by atoms with E-state index in [-0.39, 0.29) is 219 Å². The summed E-state index contributed by atoms with van der Waals surface area (Å²) in [6, 6.07) is 7.98. The van der Waals surface area contributed by atoms with Crippen LogP contribution in [-0.2, 0) is 98.2 Å². The molecule has 3 aromatic carbocycles. The van der Waals surface area contributed by atoms with Gasteiger partial charge in [-0.3, -0.25) is 55.9 Å². The zero-order chi connectivity index (χ0) is 83.8. The lowest BCUT2D eigenvalue weighted by molar-refractivity contribution is -0.121. The van der Waals surface area contributed by atoms with Gasteiger partial charge in [-0.05, 0) is 133 Å². The predicted molar refractivity (Wildman–Crippen MR) is 408 cm³/mol. The summed E-state index contributed by atoms with van der Waals surface area (Å²) < 4.78 is 243. The number of benzene rings is 3. The molecule has 4 amide bonds. The van der Waals surface area contributed by atoms with Gasteiger partial charge in [-0.2, -0.15) is 50.5 Å². The summed E-state index contributed by atoms with van der Waals surface area (Å²) in [4.78, 5) is 53.9. The van der Waals surface area contributed by atoms with Gasteiger partial charge in [0, 0.05) is 74.6 Å². The summed E-state index contributed by atoms with van der Waals surface area (Å²) in [5.41, 5.74) is 7.20. The first kappa shape index (κ1) is 96.2. The molecule has 48 heteroatoms. The van der Waals surface area contributed by atoms with E-state index in [4.69, 9.17) is 48.7 Å². The van der Waals surface area contributed by atoms with Crippen LogP contribution in [0.15, 0.2) is 48.8 Å². The number of nitrogens with zero attached hydrogens (tertiary/aromatic N) is 6. The first-order valence-electron chi connectivity index (χ1n) is 36.3. The van der Waals surface area contributed by atoms with E-state index >= 15 is 0 Å². The highest BCUT2D eigenvalue weighted by atomic mass is 32.2. The lowest BCUT2D eigenvalue weighted by Crippen LogP contribution is -2.25. The number of nitrogens with one attached hydrogen (secondary N) is 4. The van der Waals surface area contributed by atoms with Gasteiger partial charge in [0.15, 0.2) is 23.0 Å². The van der Waals surface area contributed by atoms with Gasteiger partial charge in [0.05, 0.1) is 86.6 Å². The van der Waals surface area contributed by atoms with Crippen molar-refractivity contribution in [3.63, 3.8) is 0 Å². The first-order valence-corrected chi connectivity index (χ1v) is 46.0. The molecular formula is C66H101N11O31S6. The molecule has 0 atom stereocenters. The average molecular weight is 1740 g/mol. The molecule has 2 heterocycles. The summed E-state index contributed by atoms with van der Waals surface area (Å²) in [7, 11) is -26.4. The molecule has 0 aliphatic carbocycles. The van der Waals surface area contributed by atoms with Gasteiger partial charge in [0.2, 0.25) is 17.4 Å². The third kappa shape index (κ3) is 41.2. The van der Waals surface area contributed by atoms with Gasteiger partial charge < -0.3 is 70.0 Å². The second-order valence-corrected chi connectivity index (χ2v) is 35.1. The number of amides is 4. The predicted octanol–water partition coefficient (Wildman–Crippen LogP) is 2.46. The minimum absolute atomic E-state index is 0.0328. The molecule has 642 valence electrons. The molecule has 0 aliphatic heterocycles. The number of hydrogen-bond acceptors (Lipinski definition) is 30. The molecule has 0 saturated carbocycles. The monoisotopic (exact) mass is 1740 g/mol. The number of rotatable bonds is 62. The number of aryl methyl sites for hydroxylation is 2. The standard InChI is InChI=1S/C66H101N11O31S6/c67-19-8-17-54-55(107-47-52-45-76(74-72-52)24-9-22-70-65(81)50-41-57(101-27-11-33-109(83,84)85)62(105-31-15-37-113(95,96)97)58(42-50)102-28-12-34-110(86,87)88)39-49(64(80)69-21-6-3-4-18-61(79)68-20-5-1-2-7-26-78)40-56(54)108-48-53-46-77(75-73-53)25-10-23-71-66(82)51-43-59(103-29-13-35-111(89,90)91)63(106-32-16-38-114(98,99)100)60(44-51)104-30-14-36-112(92,93)94/h39-46,78H,1-38,47-48,67H2,(H,68,79)(H,69,80)(H,70,81)(H,71,82)(H,83,84,85)(H,86,87,88)(H,89,90,91)(H,92,93,94)(H,95,96,97)(H,98,99,100). The van der Waals surface area contributed by atoms with E-state index in [9.17, 15) is 97.0 Å². The molecule has 0 saturated heterocycles. The van der Waals surface area contributed by atoms with E-state index < -0.39 is 113 Å². The van der Waals surface area contributed by atoms with Crippen molar-refractivity contribution in [3.05, 3.63) is 82.4 Å². The van der Waals surface area contributed by atoms with Crippen molar-refractivity contribution in [1.29, 1.82) is 0 Å². The largest absolute Gasteiger partial charge is 0.489 e. The number of aromatic nitrogens is 6. The maximum absolute atomic E-state index is 14.0. The van der Waals surface area contributed by atoms with Crippen molar-refractivity contribution in [1.82, 2.24) is 51.3 Å². The summed E-state index contributed by atoms with van der Waals surface area (Å²) in [5.74, 6) is -6.87. The number of carbonyl (C=O) groups excluding carboxylic acids is 4. The van der Waals surface area contributed by atoms with E-state index in [0.717, 1.165) is 19.3 Å². The molecule has 13 N–H and O–H groups in total. The summed E-state index contributed by atoms with van der Waals surface area (Å²) in [6.07, 6.45) is 8.39. The van der Waals surface area contributed by atoms with Crippen LogP contribution in [0, 0.1) is 0 Å². The summed E-state index contributed by atoms with van der Waals surface area (Å²) in [6.45, 7) is -0.845. The molecular weight excluding hydrogens is 1640 g/mol. The molecule has 114 heavy (non-hydrogen) atoms. The molecule has 0 fully saturated rings. The second-order valence-electron chi connectivity index (χ2n) is 25.7. The van der Waals surface area contributed by atoms with Crippen LogP contribution in [0.2, 0.25) is 0 Å². The number of hydrogen-bond donors (Lipinski definition) is 12. The van der Waals surface area contributed by atoms with E-state index in [1.165, 1.54) is 33.6 Å². The Morgan fingerprint density at radius 3 is 1.01 bits per heavy atom. The molecule has 0 spiro atoms. The molecule has 0 radical (unpaired) electrons. The number of aliphatic hydroxyl groups excluding tert-OH is 1. The highest BCUT2D eigenvalue weighted by Gasteiger charge is 2.25. The Labute approximate surface area is 661 Å². The number of ether oxygens (including phenoxy) is 8. The van der Waals surface area contributed by atoms with Gasteiger partial charge >= 0.3 is 0 Å². The molecule has 2 aromatic heterocycles. The molecule has 42 nitrogen and oxygen atoms in total. The smallest absolute Gasteiger partial charge is 0.264 e. The van der Waals surface area contributed by atoms with Crippen LogP contribution in [0.1, 0.15) is 157 Å². The minimum Gasteiger partial charge on any atom is -0.489 e. The Balaban J connectivity index is 1.30. The quantitative estimate of drug-likeness (QED) is 0.0196. The van der Waals surface area contributed by atoms with E-state index in [1.807, 2.05) is 0 Å². The molecule has 0 aliphatic rings. The Kier molecular flexibility index (Phi) is 41.2. The maximum Gasteiger partial charge on any atom is 0.264 e. The van der Waals surface area contributed by atoms with Gasteiger partial charge in [-0.1, -0.05) is 29.7 Å². The van der Waals surface area contributed by atoms with Crippen LogP contribution in [0.25, 0.3) is 0 Å². The van der Waals surface area contributed by atoms with Gasteiger partial charge in [-0.15, -0.1) is 10.2 Å². The fourth-order valence-corrected chi connectivity index (χ4v) is 13.3. The highest BCUT2D eigenvalue weighted by Crippen LogP contribution is 2.41.